The lowest BCUT2D eigenvalue weighted by molar-refractivity contribution is 0.178. The molecule has 0 aliphatic carbocycles. The molecule has 0 saturated carbocycles. The number of rotatable bonds is 10. The fourth-order valence-electron chi connectivity index (χ4n) is 2.69. The zero-order valence-corrected chi connectivity index (χ0v) is 17.3. The molecule has 0 aliphatic heterocycles. The second-order valence-corrected chi connectivity index (χ2v) is 8.33. The predicted octanol–water partition coefficient (Wildman–Crippen LogP) is 1.25. The summed E-state index contributed by atoms with van der Waals surface area (Å²) in [6.07, 6.45) is 0. The molecule has 0 aliphatic rings. The van der Waals surface area contributed by atoms with Crippen LogP contribution in [0.4, 0.5) is 0 Å². The second kappa shape index (κ2) is 11.2. The van der Waals surface area contributed by atoms with E-state index < -0.39 is 10.0 Å². The van der Waals surface area contributed by atoms with Crippen LogP contribution in [0.2, 0.25) is 0 Å². The van der Waals surface area contributed by atoms with Crippen LogP contribution < -0.4 is 15.4 Å². The van der Waals surface area contributed by atoms with E-state index in [1.54, 1.807) is 37.4 Å². The van der Waals surface area contributed by atoms with Crippen molar-refractivity contribution < 1.29 is 8.42 Å². The van der Waals surface area contributed by atoms with Gasteiger partial charge in [-0.15, -0.1) is 0 Å². The quantitative estimate of drug-likeness (QED) is 0.322. The van der Waals surface area contributed by atoms with E-state index in [1.807, 2.05) is 0 Å². The number of hydrogen-bond acceptors (Lipinski definition) is 4. The van der Waals surface area contributed by atoms with Crippen LogP contribution in [0, 0.1) is 0 Å². The third-order valence-electron chi connectivity index (χ3n) is 3.98. The Kier molecular flexibility index (Phi) is 9.61. The van der Waals surface area contributed by atoms with E-state index in [2.05, 4.69) is 52.9 Å². The minimum Gasteiger partial charge on any atom is -0.355 e. The van der Waals surface area contributed by atoms with Crippen LogP contribution in [0.1, 0.15) is 27.7 Å². The standard InChI is InChI=1S/C18H33N5O2S/c1-15(2)23(16(3)4)14-13-21-18(19-5)20-11-12-22-26(24,25)17-9-7-6-8-10-17/h6-10,15-16,22H,11-14H2,1-5H3,(H2,19,20,21). The maximum Gasteiger partial charge on any atom is 0.240 e. The number of nitrogens with zero attached hydrogens (tertiary/aromatic N) is 2. The second-order valence-electron chi connectivity index (χ2n) is 6.56. The van der Waals surface area contributed by atoms with Crippen molar-refractivity contribution in [1.29, 1.82) is 0 Å². The summed E-state index contributed by atoms with van der Waals surface area (Å²) in [6, 6.07) is 9.32. The van der Waals surface area contributed by atoms with Crippen LogP contribution in [0.25, 0.3) is 0 Å². The summed E-state index contributed by atoms with van der Waals surface area (Å²) in [7, 11) is -1.77. The first-order valence-electron chi connectivity index (χ1n) is 9.03. The zero-order chi connectivity index (χ0) is 19.6. The average molecular weight is 384 g/mol. The number of guanidine groups is 1. The Balaban J connectivity index is 2.35. The van der Waals surface area contributed by atoms with Crippen molar-refractivity contribution >= 4 is 16.0 Å². The number of hydrogen-bond donors (Lipinski definition) is 3. The van der Waals surface area contributed by atoms with E-state index in [0.29, 0.717) is 24.6 Å². The van der Waals surface area contributed by atoms with Crippen LogP contribution in [-0.4, -0.2) is 64.6 Å². The molecular formula is C18H33N5O2S. The third-order valence-corrected chi connectivity index (χ3v) is 5.45. The van der Waals surface area contributed by atoms with Gasteiger partial charge in [0.1, 0.15) is 0 Å². The summed E-state index contributed by atoms with van der Waals surface area (Å²) in [5.74, 6) is 0.663. The fourth-order valence-corrected chi connectivity index (χ4v) is 3.74. The monoisotopic (exact) mass is 383 g/mol. The molecule has 0 saturated heterocycles. The van der Waals surface area contributed by atoms with Crippen molar-refractivity contribution in [2.75, 3.05) is 33.2 Å². The highest BCUT2D eigenvalue weighted by Gasteiger charge is 2.13. The number of aliphatic imine (C=N–C) groups is 1. The Morgan fingerprint density at radius 2 is 1.58 bits per heavy atom. The van der Waals surface area contributed by atoms with Crippen molar-refractivity contribution in [3.05, 3.63) is 30.3 Å². The molecule has 0 atom stereocenters. The van der Waals surface area contributed by atoms with E-state index >= 15 is 0 Å². The molecule has 1 rings (SSSR count). The van der Waals surface area contributed by atoms with Gasteiger partial charge < -0.3 is 10.6 Å². The van der Waals surface area contributed by atoms with E-state index in [1.165, 1.54) is 0 Å². The van der Waals surface area contributed by atoms with Crippen molar-refractivity contribution in [2.45, 2.75) is 44.7 Å². The fraction of sp³-hybridized carbons (Fsp3) is 0.611. The molecule has 0 bridgehead atoms. The number of benzene rings is 1. The molecule has 0 amide bonds. The van der Waals surface area contributed by atoms with Crippen molar-refractivity contribution in [1.82, 2.24) is 20.3 Å². The summed E-state index contributed by atoms with van der Waals surface area (Å²) in [6.45, 7) is 11.2. The Morgan fingerprint density at radius 1 is 1.00 bits per heavy atom. The van der Waals surface area contributed by atoms with Gasteiger partial charge in [0, 0.05) is 45.3 Å². The summed E-state index contributed by atoms with van der Waals surface area (Å²) < 4.78 is 26.8. The van der Waals surface area contributed by atoms with E-state index in [-0.39, 0.29) is 11.4 Å². The first-order valence-corrected chi connectivity index (χ1v) is 10.5. The van der Waals surface area contributed by atoms with Gasteiger partial charge in [0.15, 0.2) is 5.96 Å². The lowest BCUT2D eigenvalue weighted by Gasteiger charge is -2.30. The van der Waals surface area contributed by atoms with Crippen LogP contribution in [0.15, 0.2) is 40.2 Å². The molecule has 0 spiro atoms. The SMILES string of the molecule is CN=C(NCCNS(=O)(=O)c1ccccc1)NCCN(C(C)C)C(C)C. The number of sulfonamides is 1. The molecule has 0 aromatic heterocycles. The normalized spacial score (nSPS) is 12.8. The molecule has 0 unspecified atom stereocenters. The zero-order valence-electron chi connectivity index (χ0n) is 16.5. The Labute approximate surface area is 158 Å². The molecule has 7 nitrogen and oxygen atoms in total. The molecule has 26 heavy (non-hydrogen) atoms. The highest BCUT2D eigenvalue weighted by Crippen LogP contribution is 2.06. The Hall–Kier alpha value is -1.64. The van der Waals surface area contributed by atoms with Gasteiger partial charge in [-0.3, -0.25) is 9.89 Å². The molecule has 0 radical (unpaired) electrons. The van der Waals surface area contributed by atoms with Crippen LogP contribution >= 0.6 is 0 Å². The van der Waals surface area contributed by atoms with Gasteiger partial charge in [-0.05, 0) is 39.8 Å². The van der Waals surface area contributed by atoms with Gasteiger partial charge in [0.2, 0.25) is 10.0 Å². The highest BCUT2D eigenvalue weighted by molar-refractivity contribution is 7.89. The molecule has 0 heterocycles. The largest absolute Gasteiger partial charge is 0.355 e. The lowest BCUT2D eigenvalue weighted by atomic mass is 10.2. The van der Waals surface area contributed by atoms with Gasteiger partial charge in [-0.1, -0.05) is 18.2 Å². The van der Waals surface area contributed by atoms with Crippen molar-refractivity contribution in [3.8, 4) is 0 Å². The van der Waals surface area contributed by atoms with Gasteiger partial charge in [0.25, 0.3) is 0 Å². The van der Waals surface area contributed by atoms with Crippen LogP contribution in [0.3, 0.4) is 0 Å². The Bertz CT molecular complexity index is 637. The summed E-state index contributed by atoms with van der Waals surface area (Å²) in [5, 5.41) is 6.38. The predicted molar refractivity (Wildman–Crippen MR) is 108 cm³/mol. The molecular weight excluding hydrogens is 350 g/mol. The first-order chi connectivity index (χ1) is 12.3. The molecule has 148 valence electrons. The smallest absolute Gasteiger partial charge is 0.240 e. The maximum absolute atomic E-state index is 12.1. The van der Waals surface area contributed by atoms with Crippen molar-refractivity contribution in [2.24, 2.45) is 4.99 Å². The average Bonchev–Trinajstić information content (AvgIpc) is 2.60. The minimum absolute atomic E-state index is 0.268. The van der Waals surface area contributed by atoms with E-state index in [0.717, 1.165) is 13.1 Å². The summed E-state index contributed by atoms with van der Waals surface area (Å²) >= 11 is 0. The number of nitrogens with one attached hydrogen (secondary N) is 3. The minimum atomic E-state index is -3.47. The topological polar surface area (TPSA) is 85.8 Å². The van der Waals surface area contributed by atoms with Crippen molar-refractivity contribution in [3.63, 3.8) is 0 Å². The van der Waals surface area contributed by atoms with Crippen LogP contribution in [-0.2, 0) is 10.0 Å². The summed E-state index contributed by atoms with van der Waals surface area (Å²) in [4.78, 5) is 6.83. The van der Waals surface area contributed by atoms with Gasteiger partial charge in [-0.2, -0.15) is 0 Å². The highest BCUT2D eigenvalue weighted by atomic mass is 32.2. The first kappa shape index (κ1) is 22.4. The van der Waals surface area contributed by atoms with Gasteiger partial charge >= 0.3 is 0 Å². The third kappa shape index (κ3) is 7.72. The van der Waals surface area contributed by atoms with Crippen LogP contribution in [0.5, 0.6) is 0 Å². The maximum atomic E-state index is 12.1. The van der Waals surface area contributed by atoms with E-state index in [9.17, 15) is 8.42 Å². The molecule has 0 fully saturated rings. The molecule has 1 aromatic rings. The van der Waals surface area contributed by atoms with Gasteiger partial charge in [0.05, 0.1) is 4.90 Å². The lowest BCUT2D eigenvalue weighted by Crippen LogP contribution is -2.46. The molecule has 1 aromatic carbocycles. The summed E-state index contributed by atoms with van der Waals surface area (Å²) in [5.41, 5.74) is 0. The molecule has 8 heteroatoms. The van der Waals surface area contributed by atoms with Gasteiger partial charge in [-0.25, -0.2) is 13.1 Å². The molecule has 3 N–H and O–H groups in total. The van der Waals surface area contributed by atoms with E-state index in [4.69, 9.17) is 0 Å². The Morgan fingerprint density at radius 3 is 2.12 bits per heavy atom.